The van der Waals surface area contributed by atoms with E-state index >= 15 is 0 Å². The number of nitrogens with zero attached hydrogens (tertiary/aromatic N) is 1. The van der Waals surface area contributed by atoms with Gasteiger partial charge in [0.15, 0.2) is 0 Å². The average Bonchev–Trinajstić information content (AvgIpc) is 3.10. The lowest BCUT2D eigenvalue weighted by atomic mass is 9.74. The summed E-state index contributed by atoms with van der Waals surface area (Å²) in [5, 5.41) is 0. The predicted molar refractivity (Wildman–Crippen MR) is 150 cm³/mol. The Morgan fingerprint density at radius 2 is 1.94 bits per heavy atom. The van der Waals surface area contributed by atoms with Crippen LogP contribution in [0.3, 0.4) is 0 Å². The third kappa shape index (κ3) is 5.96. The minimum Gasteiger partial charge on any atom is -0.488 e. The van der Waals surface area contributed by atoms with Gasteiger partial charge in [-0.2, -0.15) is 4.89 Å². The SMILES string of the molecule is C=CCOOC(=O)C(C)C1C(=O)N2C(C(=O)OCC=C)=C(COc3ccc(CCI)cc3I)[C@H](C)C12. The molecule has 3 rings (SSSR count). The van der Waals surface area contributed by atoms with Crippen LogP contribution in [0.1, 0.15) is 19.4 Å². The van der Waals surface area contributed by atoms with Gasteiger partial charge >= 0.3 is 11.9 Å². The quantitative estimate of drug-likeness (QED) is 0.0436. The predicted octanol–water partition coefficient (Wildman–Crippen LogP) is 4.40. The minimum absolute atomic E-state index is 0.0144. The number of alkyl halides is 1. The minimum atomic E-state index is -0.761. The van der Waals surface area contributed by atoms with Crippen LogP contribution in [0.2, 0.25) is 0 Å². The molecule has 0 radical (unpaired) electrons. The first kappa shape index (κ1) is 28.6. The Balaban J connectivity index is 1.83. The number of hydrogen-bond acceptors (Lipinski definition) is 7. The van der Waals surface area contributed by atoms with Gasteiger partial charge in [0.2, 0.25) is 5.91 Å². The van der Waals surface area contributed by atoms with Gasteiger partial charge in [0.05, 0.1) is 21.4 Å². The monoisotopic (exact) mass is 721 g/mol. The van der Waals surface area contributed by atoms with Gasteiger partial charge < -0.3 is 14.4 Å². The van der Waals surface area contributed by atoms with E-state index in [-0.39, 0.29) is 37.3 Å². The molecule has 0 N–H and O–H groups in total. The van der Waals surface area contributed by atoms with E-state index in [0.717, 1.165) is 14.4 Å². The molecule has 1 amide bonds. The van der Waals surface area contributed by atoms with Gasteiger partial charge in [-0.15, -0.1) is 6.58 Å². The molecule has 1 saturated heterocycles. The maximum atomic E-state index is 13.2. The first-order chi connectivity index (χ1) is 17.3. The first-order valence-corrected chi connectivity index (χ1v) is 14.1. The molecular formula is C26H29I2NO7. The van der Waals surface area contributed by atoms with E-state index in [1.54, 1.807) is 6.92 Å². The topological polar surface area (TPSA) is 91.4 Å². The Labute approximate surface area is 238 Å². The van der Waals surface area contributed by atoms with Crippen LogP contribution in [0.15, 0.2) is 54.8 Å². The van der Waals surface area contributed by atoms with Crippen LogP contribution in [0.25, 0.3) is 0 Å². The molecule has 2 aliphatic rings. The summed E-state index contributed by atoms with van der Waals surface area (Å²) in [6.07, 6.45) is 3.88. The molecule has 8 nitrogen and oxygen atoms in total. The van der Waals surface area contributed by atoms with E-state index < -0.39 is 29.8 Å². The molecule has 36 heavy (non-hydrogen) atoms. The van der Waals surface area contributed by atoms with Crippen molar-refractivity contribution in [3.05, 3.63) is 63.9 Å². The molecule has 2 aliphatic heterocycles. The number of ether oxygens (including phenoxy) is 2. The molecule has 4 atom stereocenters. The van der Waals surface area contributed by atoms with Crippen LogP contribution < -0.4 is 4.74 Å². The fraction of sp³-hybridized carbons (Fsp3) is 0.423. The highest BCUT2D eigenvalue weighted by Crippen LogP contribution is 2.49. The molecule has 194 valence electrons. The molecule has 1 aromatic carbocycles. The summed E-state index contributed by atoms with van der Waals surface area (Å²) >= 11 is 4.57. The van der Waals surface area contributed by atoms with Crippen LogP contribution in [-0.2, 0) is 35.3 Å². The van der Waals surface area contributed by atoms with E-state index in [0.29, 0.717) is 11.3 Å². The number of amides is 1. The number of β-lactam (4-membered cyclic amide) rings is 1. The molecule has 0 saturated carbocycles. The number of carbonyl (C=O) groups is 3. The van der Waals surface area contributed by atoms with E-state index in [2.05, 4.69) is 64.4 Å². The summed E-state index contributed by atoms with van der Waals surface area (Å²) < 4.78 is 13.4. The summed E-state index contributed by atoms with van der Waals surface area (Å²) in [5.74, 6) is -2.57. The van der Waals surface area contributed by atoms with Crippen LogP contribution >= 0.6 is 45.2 Å². The largest absolute Gasteiger partial charge is 0.488 e. The zero-order valence-corrected chi connectivity index (χ0v) is 24.5. The Bertz CT molecular complexity index is 1070. The number of carbonyl (C=O) groups excluding carboxylic acids is 3. The van der Waals surface area contributed by atoms with Crippen molar-refractivity contribution in [2.45, 2.75) is 26.3 Å². The van der Waals surface area contributed by atoms with Gasteiger partial charge in [-0.1, -0.05) is 61.2 Å². The number of aryl methyl sites for hydroxylation is 1. The zero-order valence-electron chi connectivity index (χ0n) is 20.2. The van der Waals surface area contributed by atoms with E-state index in [4.69, 9.17) is 19.2 Å². The van der Waals surface area contributed by atoms with Crippen molar-refractivity contribution in [1.82, 2.24) is 4.90 Å². The van der Waals surface area contributed by atoms with Gasteiger partial charge in [0, 0.05) is 15.9 Å². The van der Waals surface area contributed by atoms with Crippen LogP contribution in [0.5, 0.6) is 5.75 Å². The first-order valence-electron chi connectivity index (χ1n) is 11.5. The van der Waals surface area contributed by atoms with Crippen molar-refractivity contribution in [3.8, 4) is 5.75 Å². The van der Waals surface area contributed by atoms with Crippen LogP contribution in [0.4, 0.5) is 0 Å². The van der Waals surface area contributed by atoms with Crippen molar-refractivity contribution >= 4 is 63.0 Å². The average molecular weight is 721 g/mol. The lowest BCUT2D eigenvalue weighted by molar-refractivity contribution is -0.271. The second kappa shape index (κ2) is 13.0. The molecular weight excluding hydrogens is 692 g/mol. The molecule has 0 aromatic heterocycles. The fourth-order valence-electron chi connectivity index (χ4n) is 4.49. The number of esters is 1. The molecule has 1 aromatic rings. The lowest BCUT2D eigenvalue weighted by Gasteiger charge is -2.47. The van der Waals surface area contributed by atoms with Crippen LogP contribution in [0, 0.1) is 21.3 Å². The standard InChI is InChI=1S/C26H29I2NO7/c1-5-11-33-26(32)23-18(14-34-20-8-7-17(9-10-27)13-19(20)28)15(3)22-21(24(30)29(22)23)16(4)25(31)36-35-12-6-2/h5-8,13,15-16,21-22H,1-2,9-12,14H2,3-4H3/t15-,16?,21?,22?/m0/s1. The third-order valence-electron chi connectivity index (χ3n) is 6.32. The number of halogens is 2. The molecule has 1 fully saturated rings. The van der Waals surface area contributed by atoms with Gasteiger partial charge in [-0.3, -0.25) is 9.68 Å². The van der Waals surface area contributed by atoms with Gasteiger partial charge in [-0.05, 0) is 46.7 Å². The summed E-state index contributed by atoms with van der Waals surface area (Å²) in [5.41, 5.74) is 2.05. The van der Waals surface area contributed by atoms with Gasteiger partial charge in [-0.25, -0.2) is 9.59 Å². The number of hydrogen-bond donors (Lipinski definition) is 0. The van der Waals surface area contributed by atoms with Crippen molar-refractivity contribution in [2.75, 3.05) is 24.2 Å². The van der Waals surface area contributed by atoms with Crippen molar-refractivity contribution < 1.29 is 33.6 Å². The highest BCUT2D eigenvalue weighted by molar-refractivity contribution is 14.1. The number of benzene rings is 1. The maximum Gasteiger partial charge on any atom is 0.355 e. The van der Waals surface area contributed by atoms with E-state index in [9.17, 15) is 14.4 Å². The summed E-state index contributed by atoms with van der Waals surface area (Å²) in [6.45, 7) is 10.8. The Hall–Kier alpha value is -1.93. The van der Waals surface area contributed by atoms with Gasteiger partial charge in [0.1, 0.15) is 31.3 Å². The lowest BCUT2D eigenvalue weighted by Crippen LogP contribution is -2.63. The van der Waals surface area contributed by atoms with Crippen molar-refractivity contribution in [2.24, 2.45) is 17.8 Å². The van der Waals surface area contributed by atoms with E-state index in [1.807, 2.05) is 19.1 Å². The second-order valence-electron chi connectivity index (χ2n) is 8.53. The maximum absolute atomic E-state index is 13.2. The Kier molecular flexibility index (Phi) is 10.4. The van der Waals surface area contributed by atoms with Crippen molar-refractivity contribution in [3.63, 3.8) is 0 Å². The number of fused-ring (bicyclic) bond motifs is 1. The number of rotatable bonds is 13. The molecule has 2 heterocycles. The molecule has 10 heteroatoms. The summed E-state index contributed by atoms with van der Waals surface area (Å²) in [4.78, 5) is 49.7. The van der Waals surface area contributed by atoms with Gasteiger partial charge in [0.25, 0.3) is 0 Å². The Morgan fingerprint density at radius 1 is 1.22 bits per heavy atom. The smallest absolute Gasteiger partial charge is 0.355 e. The second-order valence-corrected chi connectivity index (χ2v) is 10.8. The third-order valence-corrected chi connectivity index (χ3v) is 7.70. The van der Waals surface area contributed by atoms with Crippen LogP contribution in [-0.4, -0.2) is 53.0 Å². The highest BCUT2D eigenvalue weighted by Gasteiger charge is 2.61. The fourth-order valence-corrected chi connectivity index (χ4v) is 5.85. The van der Waals surface area contributed by atoms with E-state index in [1.165, 1.54) is 22.6 Å². The normalized spacial score (nSPS) is 21.4. The molecule has 0 spiro atoms. The van der Waals surface area contributed by atoms with Crippen molar-refractivity contribution in [1.29, 1.82) is 0 Å². The zero-order chi connectivity index (χ0) is 26.4. The summed E-state index contributed by atoms with van der Waals surface area (Å²) in [6, 6.07) is 5.63. The summed E-state index contributed by atoms with van der Waals surface area (Å²) in [7, 11) is 0. The molecule has 0 bridgehead atoms. The molecule has 0 aliphatic carbocycles. The Morgan fingerprint density at radius 3 is 2.58 bits per heavy atom. The molecule has 3 unspecified atom stereocenters. The highest BCUT2D eigenvalue weighted by atomic mass is 127.